The van der Waals surface area contributed by atoms with Crippen LogP contribution in [0.2, 0.25) is 0 Å². The fourth-order valence-corrected chi connectivity index (χ4v) is 2.85. The lowest BCUT2D eigenvalue weighted by Gasteiger charge is -2.20. The zero-order valence-corrected chi connectivity index (χ0v) is 11.1. The monoisotopic (exact) mass is 275 g/mol. The molecule has 3 rings (SSSR count). The van der Waals surface area contributed by atoms with E-state index in [0.29, 0.717) is 23.2 Å². The molecule has 0 spiro atoms. The number of carbonyl (C=O) groups is 1. The number of nitrogens with zero attached hydrogens (tertiary/aromatic N) is 3. The second-order valence-electron chi connectivity index (χ2n) is 4.67. The Balaban J connectivity index is 2.05. The third kappa shape index (κ3) is 2.17. The van der Waals surface area contributed by atoms with Crippen molar-refractivity contribution in [3.8, 4) is 12.3 Å². The fraction of sp³-hybridized carbons (Fsp3) is 0.385. The van der Waals surface area contributed by atoms with Crippen molar-refractivity contribution in [3.63, 3.8) is 0 Å². The highest BCUT2D eigenvalue weighted by molar-refractivity contribution is 7.15. The van der Waals surface area contributed by atoms with Crippen LogP contribution in [0.25, 0.3) is 4.96 Å². The molecule has 2 heterocycles. The highest BCUT2D eigenvalue weighted by Gasteiger charge is 2.29. The van der Waals surface area contributed by atoms with Gasteiger partial charge in [0.1, 0.15) is 0 Å². The summed E-state index contributed by atoms with van der Waals surface area (Å²) in [6.07, 6.45) is 9.49. The van der Waals surface area contributed by atoms with E-state index < -0.39 is 5.97 Å². The molecule has 1 aliphatic carbocycles. The van der Waals surface area contributed by atoms with Gasteiger partial charge in [-0.1, -0.05) is 5.92 Å². The predicted octanol–water partition coefficient (Wildman–Crippen LogP) is 1.94. The quantitative estimate of drug-likeness (QED) is 0.847. The largest absolute Gasteiger partial charge is 0.476 e. The summed E-state index contributed by atoms with van der Waals surface area (Å²) in [5.74, 6) is 2.73. The van der Waals surface area contributed by atoms with Crippen molar-refractivity contribution in [1.82, 2.24) is 9.38 Å². The minimum Gasteiger partial charge on any atom is -0.476 e. The van der Waals surface area contributed by atoms with Gasteiger partial charge in [-0.25, -0.2) is 9.78 Å². The molecule has 1 saturated carbocycles. The van der Waals surface area contributed by atoms with Crippen LogP contribution in [0.4, 0.5) is 5.82 Å². The van der Waals surface area contributed by atoms with E-state index >= 15 is 0 Å². The molecule has 0 atom stereocenters. The lowest BCUT2D eigenvalue weighted by molar-refractivity contribution is 0.0690. The lowest BCUT2D eigenvalue weighted by Crippen LogP contribution is -2.28. The average molecular weight is 275 g/mol. The summed E-state index contributed by atoms with van der Waals surface area (Å²) >= 11 is 1.42. The van der Waals surface area contributed by atoms with Gasteiger partial charge >= 0.3 is 5.97 Å². The van der Waals surface area contributed by atoms with Crippen molar-refractivity contribution >= 4 is 28.1 Å². The van der Waals surface area contributed by atoms with E-state index in [1.165, 1.54) is 24.2 Å². The number of aromatic carboxylic acids is 1. The molecule has 2 aromatic rings. The minimum atomic E-state index is -0.973. The van der Waals surface area contributed by atoms with Crippen LogP contribution < -0.4 is 4.90 Å². The molecule has 1 N–H and O–H groups in total. The van der Waals surface area contributed by atoms with E-state index in [2.05, 4.69) is 10.9 Å². The number of rotatable bonds is 5. The zero-order valence-electron chi connectivity index (χ0n) is 10.2. The molecule has 1 fully saturated rings. The Labute approximate surface area is 114 Å². The Bertz CT molecular complexity index is 663. The van der Waals surface area contributed by atoms with E-state index in [1.54, 1.807) is 10.6 Å². The minimum absolute atomic E-state index is 0.201. The van der Waals surface area contributed by atoms with Gasteiger partial charge in [-0.05, 0) is 18.8 Å². The highest BCUT2D eigenvalue weighted by Crippen LogP contribution is 2.32. The van der Waals surface area contributed by atoms with Gasteiger partial charge in [-0.2, -0.15) is 0 Å². The highest BCUT2D eigenvalue weighted by atomic mass is 32.1. The molecule has 19 heavy (non-hydrogen) atoms. The number of hydrogen-bond donors (Lipinski definition) is 1. The first kappa shape index (κ1) is 12.1. The predicted molar refractivity (Wildman–Crippen MR) is 73.8 cm³/mol. The average Bonchev–Trinajstić information content (AvgIpc) is 2.93. The van der Waals surface area contributed by atoms with Crippen molar-refractivity contribution in [3.05, 3.63) is 17.3 Å². The third-order valence-corrected chi connectivity index (χ3v) is 3.96. The molecule has 0 bridgehead atoms. The number of aromatic nitrogens is 2. The molecule has 5 nitrogen and oxygen atoms in total. The Hall–Kier alpha value is -2.00. The molecular formula is C13H13N3O2S. The van der Waals surface area contributed by atoms with Crippen LogP contribution in [0.1, 0.15) is 23.3 Å². The van der Waals surface area contributed by atoms with Crippen LogP contribution in [0.15, 0.2) is 11.6 Å². The Morgan fingerprint density at radius 3 is 3.11 bits per heavy atom. The fourth-order valence-electron chi connectivity index (χ4n) is 2.14. The number of terminal acetylenes is 1. The normalized spacial score (nSPS) is 14.5. The van der Waals surface area contributed by atoms with Gasteiger partial charge in [0.05, 0.1) is 6.54 Å². The molecule has 98 valence electrons. The standard InChI is InChI=1S/C13H13N3O2S/c1-2-5-15(8-9-3-4-9)11-10(12(17)18)16-6-7-19-13(16)14-11/h1,6-7,9H,3-5,8H2,(H,17,18). The van der Waals surface area contributed by atoms with Crippen LogP contribution >= 0.6 is 11.3 Å². The van der Waals surface area contributed by atoms with Crippen molar-refractivity contribution in [2.24, 2.45) is 5.92 Å². The summed E-state index contributed by atoms with van der Waals surface area (Å²) in [4.78, 5) is 18.5. The molecule has 0 unspecified atom stereocenters. The maximum absolute atomic E-state index is 11.5. The number of carboxylic acid groups (broad SMARTS) is 1. The number of fused-ring (bicyclic) bond motifs is 1. The third-order valence-electron chi connectivity index (χ3n) is 3.20. The Kier molecular flexibility index (Phi) is 2.91. The van der Waals surface area contributed by atoms with Crippen LogP contribution in [-0.4, -0.2) is 33.6 Å². The summed E-state index contributed by atoms with van der Waals surface area (Å²) in [6, 6.07) is 0. The first-order valence-electron chi connectivity index (χ1n) is 6.08. The van der Waals surface area contributed by atoms with Gasteiger partial charge in [-0.15, -0.1) is 17.8 Å². The number of carboxylic acids is 1. The maximum atomic E-state index is 11.5. The second-order valence-corrected chi connectivity index (χ2v) is 5.55. The Morgan fingerprint density at radius 1 is 1.68 bits per heavy atom. The van der Waals surface area contributed by atoms with E-state index in [-0.39, 0.29) is 5.69 Å². The van der Waals surface area contributed by atoms with E-state index in [0.717, 1.165) is 6.54 Å². The maximum Gasteiger partial charge on any atom is 0.356 e. The topological polar surface area (TPSA) is 57.8 Å². The summed E-state index contributed by atoms with van der Waals surface area (Å²) in [7, 11) is 0. The van der Waals surface area contributed by atoms with E-state index in [1.807, 2.05) is 10.3 Å². The zero-order chi connectivity index (χ0) is 13.4. The Morgan fingerprint density at radius 2 is 2.47 bits per heavy atom. The van der Waals surface area contributed by atoms with Crippen LogP contribution in [0, 0.1) is 18.3 Å². The smallest absolute Gasteiger partial charge is 0.356 e. The van der Waals surface area contributed by atoms with Gasteiger partial charge in [0.25, 0.3) is 0 Å². The number of hydrogen-bond acceptors (Lipinski definition) is 4. The molecule has 0 amide bonds. The molecule has 0 radical (unpaired) electrons. The molecule has 0 aromatic carbocycles. The van der Waals surface area contributed by atoms with Crippen LogP contribution in [-0.2, 0) is 0 Å². The molecule has 0 aliphatic heterocycles. The first-order chi connectivity index (χ1) is 9.20. The van der Waals surface area contributed by atoms with Crippen molar-refractivity contribution in [2.45, 2.75) is 12.8 Å². The molecule has 6 heteroatoms. The first-order valence-corrected chi connectivity index (χ1v) is 6.96. The van der Waals surface area contributed by atoms with E-state index in [9.17, 15) is 9.90 Å². The number of thiazole rings is 1. The number of imidazole rings is 1. The summed E-state index contributed by atoms with van der Waals surface area (Å²) in [6.45, 7) is 1.18. The van der Waals surface area contributed by atoms with Gasteiger partial charge < -0.3 is 10.0 Å². The summed E-state index contributed by atoms with van der Waals surface area (Å²) in [5.41, 5.74) is 0.201. The van der Waals surface area contributed by atoms with Crippen molar-refractivity contribution in [1.29, 1.82) is 0 Å². The van der Waals surface area contributed by atoms with Gasteiger partial charge in [0.2, 0.25) is 0 Å². The van der Waals surface area contributed by atoms with Gasteiger partial charge in [0, 0.05) is 18.1 Å². The molecule has 1 aliphatic rings. The lowest BCUT2D eigenvalue weighted by atomic mass is 10.3. The van der Waals surface area contributed by atoms with Crippen LogP contribution in [0.3, 0.4) is 0 Å². The van der Waals surface area contributed by atoms with Crippen molar-refractivity contribution < 1.29 is 9.90 Å². The van der Waals surface area contributed by atoms with Gasteiger partial charge in [-0.3, -0.25) is 4.40 Å². The summed E-state index contributed by atoms with van der Waals surface area (Å²) in [5, 5.41) is 11.2. The van der Waals surface area contributed by atoms with Crippen LogP contribution in [0.5, 0.6) is 0 Å². The van der Waals surface area contributed by atoms with Gasteiger partial charge in [0.15, 0.2) is 16.5 Å². The molecule has 2 aromatic heterocycles. The molecular weight excluding hydrogens is 262 g/mol. The second kappa shape index (κ2) is 4.59. The van der Waals surface area contributed by atoms with Crippen molar-refractivity contribution in [2.75, 3.05) is 18.0 Å². The SMILES string of the molecule is C#CCN(CC1CC1)c1nc2sccn2c1C(=O)O. The summed E-state index contributed by atoms with van der Waals surface area (Å²) < 4.78 is 1.61. The number of anilines is 1. The molecule has 0 saturated heterocycles. The van der Waals surface area contributed by atoms with E-state index in [4.69, 9.17) is 6.42 Å².